The van der Waals surface area contributed by atoms with Crippen LogP contribution in [0.25, 0.3) is 10.9 Å². The van der Waals surface area contributed by atoms with Gasteiger partial charge >= 0.3 is 0 Å². The second kappa shape index (κ2) is 8.64. The Balaban J connectivity index is 1.55. The molecule has 3 aromatic carbocycles. The zero-order valence-corrected chi connectivity index (χ0v) is 19.2. The standard InChI is InChI=1S/C26H24ClN3O3/c1-26(2,3)17-7-4-15(5-8-17)24(32)30-23-13-18(31)9-11-21(23)29-25(33)16-6-10-19-20(27)14-28-22(19)12-16/h4-14,28,31H,1-3H3,(H,29,33)(H,30,32). The van der Waals surface area contributed by atoms with E-state index >= 15 is 0 Å². The minimum absolute atomic E-state index is 0.0217. The summed E-state index contributed by atoms with van der Waals surface area (Å²) in [5.41, 5.74) is 3.38. The lowest BCUT2D eigenvalue weighted by Gasteiger charge is -2.19. The maximum Gasteiger partial charge on any atom is 0.255 e. The number of rotatable bonds is 4. The van der Waals surface area contributed by atoms with Crippen molar-refractivity contribution in [1.29, 1.82) is 0 Å². The molecule has 0 saturated carbocycles. The number of aromatic hydroxyl groups is 1. The number of phenolic OH excluding ortho intramolecular Hbond substituents is 1. The third kappa shape index (κ3) is 4.86. The molecule has 4 rings (SSSR count). The van der Waals surface area contributed by atoms with E-state index in [1.807, 2.05) is 12.1 Å². The molecule has 0 atom stereocenters. The molecule has 6 nitrogen and oxygen atoms in total. The van der Waals surface area contributed by atoms with Crippen LogP contribution in [0.1, 0.15) is 47.1 Å². The van der Waals surface area contributed by atoms with Crippen molar-refractivity contribution in [2.45, 2.75) is 26.2 Å². The molecule has 0 fully saturated rings. The van der Waals surface area contributed by atoms with Crippen molar-refractivity contribution in [2.75, 3.05) is 10.6 Å². The number of hydrogen-bond acceptors (Lipinski definition) is 3. The molecule has 4 N–H and O–H groups in total. The van der Waals surface area contributed by atoms with Crippen LogP contribution in [0.2, 0.25) is 5.02 Å². The summed E-state index contributed by atoms with van der Waals surface area (Å²) in [7, 11) is 0. The average molecular weight is 462 g/mol. The molecular weight excluding hydrogens is 438 g/mol. The molecule has 2 amide bonds. The molecule has 33 heavy (non-hydrogen) atoms. The minimum atomic E-state index is -0.363. The normalized spacial score (nSPS) is 11.4. The van der Waals surface area contributed by atoms with Gasteiger partial charge < -0.3 is 20.7 Å². The van der Waals surface area contributed by atoms with Crippen molar-refractivity contribution in [1.82, 2.24) is 4.98 Å². The van der Waals surface area contributed by atoms with Crippen LogP contribution >= 0.6 is 11.6 Å². The largest absolute Gasteiger partial charge is 0.508 e. The number of aromatic amines is 1. The number of H-pyrrole nitrogens is 1. The van der Waals surface area contributed by atoms with Gasteiger partial charge in [-0.2, -0.15) is 0 Å². The molecule has 168 valence electrons. The van der Waals surface area contributed by atoms with Gasteiger partial charge in [-0.25, -0.2) is 0 Å². The predicted octanol–water partition coefficient (Wildman–Crippen LogP) is 6.33. The first-order valence-electron chi connectivity index (χ1n) is 10.4. The molecule has 0 aliphatic rings. The van der Waals surface area contributed by atoms with E-state index in [2.05, 4.69) is 36.4 Å². The number of phenols is 1. The average Bonchev–Trinajstić information content (AvgIpc) is 3.15. The van der Waals surface area contributed by atoms with Crippen molar-refractivity contribution in [3.8, 4) is 5.75 Å². The summed E-state index contributed by atoms with van der Waals surface area (Å²) in [4.78, 5) is 28.7. The first-order valence-corrected chi connectivity index (χ1v) is 10.8. The topological polar surface area (TPSA) is 94.2 Å². The Hall–Kier alpha value is -3.77. The number of anilines is 2. The summed E-state index contributed by atoms with van der Waals surface area (Å²) in [5.74, 6) is -0.744. The third-order valence-corrected chi connectivity index (χ3v) is 5.72. The summed E-state index contributed by atoms with van der Waals surface area (Å²) >= 11 is 6.10. The molecule has 0 radical (unpaired) electrons. The van der Waals surface area contributed by atoms with Crippen LogP contribution in [0, 0.1) is 0 Å². The lowest BCUT2D eigenvalue weighted by atomic mass is 9.87. The highest BCUT2D eigenvalue weighted by Gasteiger charge is 2.16. The van der Waals surface area contributed by atoms with Crippen molar-refractivity contribution in [3.63, 3.8) is 0 Å². The van der Waals surface area contributed by atoms with Gasteiger partial charge in [-0.1, -0.05) is 50.6 Å². The summed E-state index contributed by atoms with van der Waals surface area (Å²) in [5, 5.41) is 16.9. The Kier molecular flexibility index (Phi) is 5.87. The SMILES string of the molecule is CC(C)(C)c1ccc(C(=O)Nc2cc(O)ccc2NC(=O)c2ccc3c(Cl)c[nH]c3c2)cc1. The Labute approximate surface area is 196 Å². The Morgan fingerprint density at radius 2 is 1.48 bits per heavy atom. The number of amides is 2. The molecule has 0 unspecified atom stereocenters. The van der Waals surface area contributed by atoms with Gasteiger partial charge in [0.25, 0.3) is 11.8 Å². The number of carbonyl (C=O) groups excluding carboxylic acids is 2. The number of nitrogens with one attached hydrogen (secondary N) is 3. The van der Waals surface area contributed by atoms with Crippen molar-refractivity contribution in [3.05, 3.63) is 88.6 Å². The molecule has 4 aromatic rings. The predicted molar refractivity (Wildman–Crippen MR) is 132 cm³/mol. The highest BCUT2D eigenvalue weighted by Crippen LogP contribution is 2.29. The van der Waals surface area contributed by atoms with Crippen LogP contribution in [-0.2, 0) is 5.41 Å². The van der Waals surface area contributed by atoms with Gasteiger partial charge in [0.05, 0.1) is 16.4 Å². The Morgan fingerprint density at radius 1 is 0.848 bits per heavy atom. The number of aromatic nitrogens is 1. The van der Waals surface area contributed by atoms with E-state index < -0.39 is 0 Å². The van der Waals surface area contributed by atoms with E-state index in [4.69, 9.17) is 11.6 Å². The maximum absolute atomic E-state index is 12.9. The zero-order chi connectivity index (χ0) is 23.8. The molecule has 0 aliphatic heterocycles. The molecule has 0 spiro atoms. The molecule has 1 heterocycles. The summed E-state index contributed by atoms with van der Waals surface area (Å²) in [6, 6.07) is 16.9. The Morgan fingerprint density at radius 3 is 2.18 bits per heavy atom. The smallest absolute Gasteiger partial charge is 0.255 e. The quantitative estimate of drug-likeness (QED) is 0.267. The third-order valence-electron chi connectivity index (χ3n) is 5.41. The highest BCUT2D eigenvalue weighted by molar-refractivity contribution is 6.35. The monoisotopic (exact) mass is 461 g/mol. The molecule has 7 heteroatoms. The van der Waals surface area contributed by atoms with Crippen LogP contribution in [0.15, 0.2) is 66.9 Å². The van der Waals surface area contributed by atoms with E-state index in [-0.39, 0.29) is 28.7 Å². The Bertz CT molecular complexity index is 1350. The number of hydrogen-bond donors (Lipinski definition) is 4. The minimum Gasteiger partial charge on any atom is -0.508 e. The van der Waals surface area contributed by atoms with E-state index in [1.165, 1.54) is 18.2 Å². The number of fused-ring (bicyclic) bond motifs is 1. The fraction of sp³-hybridized carbons (Fsp3) is 0.154. The van der Waals surface area contributed by atoms with Gasteiger partial charge in [-0.3, -0.25) is 9.59 Å². The molecule has 0 saturated heterocycles. The highest BCUT2D eigenvalue weighted by atomic mass is 35.5. The van der Waals surface area contributed by atoms with Crippen LogP contribution in [0.3, 0.4) is 0 Å². The van der Waals surface area contributed by atoms with Gasteiger partial charge in [0, 0.05) is 34.3 Å². The lowest BCUT2D eigenvalue weighted by Crippen LogP contribution is -2.17. The van der Waals surface area contributed by atoms with Crippen LogP contribution < -0.4 is 10.6 Å². The van der Waals surface area contributed by atoms with Gasteiger partial charge in [0.1, 0.15) is 5.75 Å². The number of benzene rings is 3. The van der Waals surface area contributed by atoms with Crippen molar-refractivity contribution < 1.29 is 14.7 Å². The lowest BCUT2D eigenvalue weighted by molar-refractivity contribution is 0.101. The fourth-order valence-electron chi connectivity index (χ4n) is 3.49. The van der Waals surface area contributed by atoms with Gasteiger partial charge in [-0.05, 0) is 47.4 Å². The second-order valence-corrected chi connectivity index (χ2v) is 9.27. The van der Waals surface area contributed by atoms with Crippen LogP contribution in [0.4, 0.5) is 11.4 Å². The fourth-order valence-corrected chi connectivity index (χ4v) is 3.71. The van der Waals surface area contributed by atoms with E-state index in [9.17, 15) is 14.7 Å². The number of carbonyl (C=O) groups is 2. The van der Waals surface area contributed by atoms with Gasteiger partial charge in [0.2, 0.25) is 0 Å². The number of halogens is 1. The van der Waals surface area contributed by atoms with Gasteiger partial charge in [0.15, 0.2) is 0 Å². The van der Waals surface area contributed by atoms with Crippen molar-refractivity contribution in [2.24, 2.45) is 0 Å². The molecular formula is C26H24ClN3O3. The summed E-state index contributed by atoms with van der Waals surface area (Å²) in [6.07, 6.45) is 1.66. The van der Waals surface area contributed by atoms with Gasteiger partial charge in [-0.15, -0.1) is 0 Å². The first kappa shape index (κ1) is 22.4. The maximum atomic E-state index is 12.9. The zero-order valence-electron chi connectivity index (χ0n) is 18.5. The summed E-state index contributed by atoms with van der Waals surface area (Å²) < 4.78 is 0. The van der Waals surface area contributed by atoms with Crippen LogP contribution in [-0.4, -0.2) is 21.9 Å². The summed E-state index contributed by atoms with van der Waals surface area (Å²) in [6.45, 7) is 6.31. The van der Waals surface area contributed by atoms with E-state index in [0.29, 0.717) is 21.8 Å². The first-order chi connectivity index (χ1) is 15.6. The molecule has 1 aromatic heterocycles. The van der Waals surface area contributed by atoms with Crippen LogP contribution in [0.5, 0.6) is 5.75 Å². The van der Waals surface area contributed by atoms with E-state index in [1.54, 1.807) is 36.5 Å². The van der Waals surface area contributed by atoms with E-state index in [0.717, 1.165) is 16.5 Å². The second-order valence-electron chi connectivity index (χ2n) is 8.86. The molecule has 0 bridgehead atoms. The van der Waals surface area contributed by atoms with Crippen molar-refractivity contribution >= 4 is 45.7 Å². The molecule has 0 aliphatic carbocycles.